The summed E-state index contributed by atoms with van der Waals surface area (Å²) in [6.45, 7) is 7.14. The molecule has 0 saturated heterocycles. The van der Waals surface area contributed by atoms with Crippen LogP contribution in [0.3, 0.4) is 0 Å². The van der Waals surface area contributed by atoms with E-state index in [-0.39, 0.29) is 5.02 Å². The molecule has 1 aromatic heterocycles. The molecule has 0 amide bonds. The minimum Gasteiger partial charge on any atom is -0.393 e. The highest BCUT2D eigenvalue weighted by atomic mass is 35.5. The third-order valence-electron chi connectivity index (χ3n) is 6.70. The molecule has 0 fully saturated rings. The first-order chi connectivity index (χ1) is 14.1. The summed E-state index contributed by atoms with van der Waals surface area (Å²) in [6, 6.07) is 4.56. The molecule has 2 nitrogen and oxygen atoms in total. The number of halogens is 4. The van der Waals surface area contributed by atoms with Gasteiger partial charge in [-0.15, -0.1) is 0 Å². The average molecular weight is 433 g/mol. The molecular weight excluding hydrogens is 408 g/mol. The van der Waals surface area contributed by atoms with E-state index in [9.17, 15) is 4.39 Å². The zero-order valence-electron chi connectivity index (χ0n) is 18.1. The molecule has 0 spiro atoms. The van der Waals surface area contributed by atoms with Gasteiger partial charge >= 0.3 is 6.97 Å². The molecule has 0 N–H and O–H groups in total. The summed E-state index contributed by atoms with van der Waals surface area (Å²) in [5.41, 5.74) is 6.75. The average Bonchev–Trinajstić information content (AvgIpc) is 3.09. The molecule has 2 aliphatic rings. The normalized spacial score (nSPS) is 17.8. The molecule has 158 valence electrons. The third kappa shape index (κ3) is 2.55. The lowest BCUT2D eigenvalue weighted by Gasteiger charge is -2.34. The van der Waals surface area contributed by atoms with E-state index in [1.807, 2.05) is 27.7 Å². The van der Waals surface area contributed by atoms with Crippen molar-refractivity contribution in [2.75, 3.05) is 0 Å². The highest BCUT2D eigenvalue weighted by Crippen LogP contribution is 2.47. The van der Waals surface area contributed by atoms with Gasteiger partial charge in [-0.05, 0) is 68.1 Å². The number of nitrogens with zero attached hydrogens (tertiary/aromatic N) is 2. The van der Waals surface area contributed by atoms with Crippen LogP contribution in [0.15, 0.2) is 35.0 Å². The SMILES string of the molecule is CCC1=C(C)C2=C(c3ccc(Cl)c(F)c3)c3c(C)c(CC)c(C)n3[B-](F)(F)[N+]2=C1C. The standard InChI is InChI=1S/C23H25BClF3N2/c1-7-17-12(3)22-21(16-9-10-19(25)20(26)11-16)23-13(4)18(8-2)15(6)30(23)24(27,28)29(22)14(17)5/h9-11H,7-8H2,1-6H3. The smallest absolute Gasteiger partial charge is 0.393 e. The van der Waals surface area contributed by atoms with Gasteiger partial charge in [-0.25, -0.2) is 4.39 Å². The predicted octanol–water partition coefficient (Wildman–Crippen LogP) is 6.67. The first kappa shape index (κ1) is 21.0. The van der Waals surface area contributed by atoms with Crippen LogP contribution in [0, 0.1) is 19.7 Å². The maximum atomic E-state index is 16.1. The first-order valence-corrected chi connectivity index (χ1v) is 10.7. The van der Waals surface area contributed by atoms with Gasteiger partial charge < -0.3 is 17.6 Å². The van der Waals surface area contributed by atoms with Gasteiger partial charge in [-0.1, -0.05) is 31.5 Å². The van der Waals surface area contributed by atoms with Crippen molar-refractivity contribution in [3.8, 4) is 0 Å². The molecule has 0 unspecified atom stereocenters. The summed E-state index contributed by atoms with van der Waals surface area (Å²) in [6.07, 6.45) is 1.30. The van der Waals surface area contributed by atoms with Crippen LogP contribution < -0.4 is 0 Å². The maximum Gasteiger partial charge on any atom is 0.737 e. The van der Waals surface area contributed by atoms with Crippen molar-refractivity contribution in [3.63, 3.8) is 0 Å². The number of aromatic nitrogens is 1. The molecule has 4 rings (SSSR count). The molecule has 2 aromatic rings. The Morgan fingerprint density at radius 3 is 2.30 bits per heavy atom. The molecule has 2 aliphatic heterocycles. The van der Waals surface area contributed by atoms with Crippen molar-refractivity contribution in [2.24, 2.45) is 0 Å². The predicted molar refractivity (Wildman–Crippen MR) is 118 cm³/mol. The number of allylic oxidation sites excluding steroid dienone is 2. The van der Waals surface area contributed by atoms with Crippen molar-refractivity contribution in [2.45, 2.75) is 54.4 Å². The lowest BCUT2D eigenvalue weighted by molar-refractivity contribution is -0.363. The van der Waals surface area contributed by atoms with E-state index < -0.39 is 12.8 Å². The van der Waals surface area contributed by atoms with E-state index in [0.717, 1.165) is 22.3 Å². The monoisotopic (exact) mass is 432 g/mol. The van der Waals surface area contributed by atoms with E-state index in [2.05, 4.69) is 0 Å². The second-order valence-corrected chi connectivity index (χ2v) is 8.52. The Morgan fingerprint density at radius 2 is 1.73 bits per heavy atom. The molecule has 0 bridgehead atoms. The molecule has 30 heavy (non-hydrogen) atoms. The quantitative estimate of drug-likeness (QED) is 0.479. The van der Waals surface area contributed by atoms with Gasteiger partial charge in [-0.3, -0.25) is 0 Å². The van der Waals surface area contributed by atoms with Crippen molar-refractivity contribution < 1.29 is 17.5 Å². The third-order valence-corrected chi connectivity index (χ3v) is 7.01. The molecule has 0 atom stereocenters. The Balaban J connectivity index is 2.23. The summed E-state index contributed by atoms with van der Waals surface area (Å²) in [5, 5.41) is 0.0137. The van der Waals surface area contributed by atoms with Crippen molar-refractivity contribution in [3.05, 3.63) is 74.0 Å². The molecular formula is C23H25BClF3N2. The summed E-state index contributed by atoms with van der Waals surface area (Å²) in [7, 11) is 0. The lowest BCUT2D eigenvalue weighted by Crippen LogP contribution is -2.51. The Hall–Kier alpha value is -2.21. The van der Waals surface area contributed by atoms with Crippen molar-refractivity contribution in [1.82, 2.24) is 4.48 Å². The maximum absolute atomic E-state index is 16.1. The molecule has 0 saturated carbocycles. The second-order valence-electron chi connectivity index (χ2n) is 8.11. The van der Waals surface area contributed by atoms with E-state index in [4.69, 9.17) is 11.6 Å². The number of hydrogen-bond acceptors (Lipinski definition) is 0. The van der Waals surface area contributed by atoms with Crippen LogP contribution >= 0.6 is 11.6 Å². The van der Waals surface area contributed by atoms with Gasteiger partial charge in [0.1, 0.15) is 11.5 Å². The van der Waals surface area contributed by atoms with Gasteiger partial charge in [0.05, 0.1) is 10.6 Å². The highest BCUT2D eigenvalue weighted by Gasteiger charge is 2.56. The van der Waals surface area contributed by atoms with Crippen LogP contribution in [0.2, 0.25) is 5.02 Å². The van der Waals surface area contributed by atoms with E-state index in [1.165, 1.54) is 21.1 Å². The Kier molecular flexibility index (Phi) is 4.85. The zero-order chi connectivity index (χ0) is 22.1. The van der Waals surface area contributed by atoms with Gasteiger partial charge in [0.15, 0.2) is 5.70 Å². The minimum atomic E-state index is -4.08. The topological polar surface area (TPSA) is 7.94 Å². The molecule has 7 heteroatoms. The minimum absolute atomic E-state index is 0.0137. The van der Waals surface area contributed by atoms with Crippen LogP contribution in [-0.4, -0.2) is 21.6 Å². The fourth-order valence-electron chi connectivity index (χ4n) is 5.40. The van der Waals surface area contributed by atoms with E-state index in [0.29, 0.717) is 46.8 Å². The molecule has 0 radical (unpaired) electrons. The van der Waals surface area contributed by atoms with Crippen LogP contribution in [0.1, 0.15) is 62.2 Å². The highest BCUT2D eigenvalue weighted by molar-refractivity contribution is 6.58. The number of hydrogen-bond donors (Lipinski definition) is 0. The number of benzene rings is 1. The Bertz CT molecular complexity index is 1200. The largest absolute Gasteiger partial charge is 0.737 e. The van der Waals surface area contributed by atoms with E-state index >= 15 is 8.63 Å². The summed E-state index contributed by atoms with van der Waals surface area (Å²) in [5.74, 6) is -0.559. The van der Waals surface area contributed by atoms with Crippen molar-refractivity contribution >= 4 is 29.9 Å². The lowest BCUT2D eigenvalue weighted by atomic mass is 9.83. The van der Waals surface area contributed by atoms with Gasteiger partial charge in [0, 0.05) is 23.8 Å². The van der Waals surface area contributed by atoms with Crippen LogP contribution in [-0.2, 0) is 6.42 Å². The Morgan fingerprint density at radius 1 is 1.07 bits per heavy atom. The second kappa shape index (κ2) is 6.91. The van der Waals surface area contributed by atoms with E-state index in [1.54, 1.807) is 19.9 Å². The van der Waals surface area contributed by atoms with Crippen molar-refractivity contribution in [1.29, 1.82) is 0 Å². The fraction of sp³-hybridized carbons (Fsp3) is 0.348. The molecule has 3 heterocycles. The van der Waals surface area contributed by atoms with Gasteiger partial charge in [-0.2, -0.15) is 0 Å². The number of rotatable bonds is 3. The molecule has 1 aromatic carbocycles. The Labute approximate surface area is 180 Å². The summed E-state index contributed by atoms with van der Waals surface area (Å²) < 4.78 is 49.0. The summed E-state index contributed by atoms with van der Waals surface area (Å²) in [4.78, 5) is 0. The summed E-state index contributed by atoms with van der Waals surface area (Å²) >= 11 is 5.92. The molecule has 0 aliphatic carbocycles. The first-order valence-electron chi connectivity index (χ1n) is 10.3. The van der Waals surface area contributed by atoms with Gasteiger partial charge in [0.2, 0.25) is 0 Å². The van der Waals surface area contributed by atoms with Crippen LogP contribution in [0.25, 0.3) is 5.57 Å². The number of fused-ring (bicyclic) bond motifs is 2. The zero-order valence-corrected chi connectivity index (χ0v) is 18.9. The van der Waals surface area contributed by atoms with Gasteiger partial charge in [0.25, 0.3) is 0 Å². The van der Waals surface area contributed by atoms with Crippen LogP contribution in [0.4, 0.5) is 13.0 Å². The van der Waals surface area contributed by atoms with Crippen LogP contribution in [0.5, 0.6) is 0 Å². The fourth-order valence-corrected chi connectivity index (χ4v) is 5.52.